The average molecular weight is 295 g/mol. The molecule has 114 valence electrons. The molecule has 1 aliphatic rings. The number of carbonyl (C=O) groups excluding carboxylic acids is 1. The summed E-state index contributed by atoms with van der Waals surface area (Å²) in [6.07, 6.45) is -0.772. The molecule has 0 saturated carbocycles. The minimum absolute atomic E-state index is 0.0108. The monoisotopic (exact) mass is 295 g/mol. The van der Waals surface area contributed by atoms with E-state index < -0.39 is 29.5 Å². The van der Waals surface area contributed by atoms with Gasteiger partial charge in [0.15, 0.2) is 0 Å². The van der Waals surface area contributed by atoms with Crippen molar-refractivity contribution in [1.29, 1.82) is 0 Å². The number of carbonyl (C=O) groups is 2. The highest BCUT2D eigenvalue weighted by Crippen LogP contribution is 2.37. The molecule has 0 saturated heterocycles. The molecule has 0 aromatic heterocycles. The lowest BCUT2D eigenvalue weighted by Gasteiger charge is -2.27. The first kappa shape index (κ1) is 15.3. The van der Waals surface area contributed by atoms with Crippen LogP contribution < -0.4 is 4.90 Å². The molecule has 0 radical (unpaired) electrons. The molecule has 1 heterocycles. The summed E-state index contributed by atoms with van der Waals surface area (Å²) < 4.78 is 19.3. The molecule has 1 aliphatic heterocycles. The molecule has 1 amide bonds. The van der Waals surface area contributed by atoms with E-state index in [1.807, 2.05) is 0 Å². The van der Waals surface area contributed by atoms with Crippen molar-refractivity contribution in [3.05, 3.63) is 29.1 Å². The number of halogens is 1. The van der Waals surface area contributed by atoms with E-state index in [1.54, 1.807) is 33.8 Å². The second-order valence-electron chi connectivity index (χ2n) is 6.10. The van der Waals surface area contributed by atoms with E-state index in [0.717, 1.165) is 10.5 Å². The molecule has 1 N–H and O–H groups in total. The molecule has 0 bridgehead atoms. The van der Waals surface area contributed by atoms with Gasteiger partial charge in [-0.15, -0.1) is 0 Å². The third-order valence-electron chi connectivity index (χ3n) is 3.29. The summed E-state index contributed by atoms with van der Waals surface area (Å²) in [5.74, 6) is -1.80. The molecule has 1 unspecified atom stereocenters. The number of rotatable bonds is 1. The van der Waals surface area contributed by atoms with E-state index >= 15 is 0 Å². The summed E-state index contributed by atoms with van der Waals surface area (Å²) in [6, 6.07) is 1.66. The van der Waals surface area contributed by atoms with Crippen LogP contribution in [0.15, 0.2) is 12.1 Å². The van der Waals surface area contributed by atoms with Crippen LogP contribution in [-0.4, -0.2) is 28.8 Å². The number of carboxylic acid groups (broad SMARTS) is 1. The molecular formula is C15H18FNO4. The zero-order valence-corrected chi connectivity index (χ0v) is 12.4. The number of ether oxygens (including phenoxy) is 1. The largest absolute Gasteiger partial charge is 0.480 e. The van der Waals surface area contributed by atoms with Gasteiger partial charge in [-0.25, -0.2) is 14.0 Å². The van der Waals surface area contributed by atoms with Crippen molar-refractivity contribution < 1.29 is 23.8 Å². The van der Waals surface area contributed by atoms with Gasteiger partial charge in [0.2, 0.25) is 0 Å². The van der Waals surface area contributed by atoms with E-state index in [9.17, 15) is 19.1 Å². The lowest BCUT2D eigenvalue weighted by molar-refractivity contribution is -0.138. The molecule has 0 aliphatic carbocycles. The van der Waals surface area contributed by atoms with E-state index in [2.05, 4.69) is 0 Å². The average Bonchev–Trinajstić information content (AvgIpc) is 2.73. The zero-order valence-electron chi connectivity index (χ0n) is 12.4. The first-order chi connectivity index (χ1) is 9.61. The van der Waals surface area contributed by atoms with Gasteiger partial charge in [0.05, 0.1) is 5.69 Å². The number of fused-ring (bicyclic) bond motifs is 1. The smallest absolute Gasteiger partial charge is 0.415 e. The molecule has 5 nitrogen and oxygen atoms in total. The molecule has 1 aromatic rings. The highest BCUT2D eigenvalue weighted by molar-refractivity contribution is 5.99. The summed E-state index contributed by atoms with van der Waals surface area (Å²) in [5, 5.41) is 9.31. The highest BCUT2D eigenvalue weighted by Gasteiger charge is 2.43. The van der Waals surface area contributed by atoms with Gasteiger partial charge < -0.3 is 9.84 Å². The van der Waals surface area contributed by atoms with E-state index in [0.29, 0.717) is 5.56 Å². The molecule has 1 aromatic carbocycles. The van der Waals surface area contributed by atoms with Crippen molar-refractivity contribution >= 4 is 17.7 Å². The molecule has 21 heavy (non-hydrogen) atoms. The van der Waals surface area contributed by atoms with Gasteiger partial charge in [0, 0.05) is 6.42 Å². The first-order valence-electron chi connectivity index (χ1n) is 6.65. The maximum absolute atomic E-state index is 14.1. The first-order valence-corrected chi connectivity index (χ1v) is 6.65. The van der Waals surface area contributed by atoms with Crippen LogP contribution in [0.2, 0.25) is 0 Å². The number of nitrogens with zero attached hydrogens (tertiary/aromatic N) is 1. The Morgan fingerprint density at radius 3 is 2.52 bits per heavy atom. The zero-order chi connectivity index (χ0) is 15.9. The number of aryl methyl sites for hydroxylation is 1. The second kappa shape index (κ2) is 5.02. The number of benzene rings is 1. The maximum atomic E-state index is 14.1. The van der Waals surface area contributed by atoms with Crippen LogP contribution in [-0.2, 0) is 16.0 Å². The number of hydrogen-bond donors (Lipinski definition) is 1. The van der Waals surface area contributed by atoms with E-state index in [-0.39, 0.29) is 12.1 Å². The van der Waals surface area contributed by atoms with Gasteiger partial charge in [-0.05, 0) is 44.9 Å². The van der Waals surface area contributed by atoms with Crippen molar-refractivity contribution in [2.24, 2.45) is 0 Å². The Bertz CT molecular complexity index is 606. The van der Waals surface area contributed by atoms with Crippen molar-refractivity contribution in [2.45, 2.75) is 45.8 Å². The van der Waals surface area contributed by atoms with Crippen LogP contribution in [0.4, 0.5) is 14.9 Å². The SMILES string of the molecule is Cc1ccc(F)c2c1CC(C(=O)O)N2C(=O)OC(C)(C)C. The Morgan fingerprint density at radius 2 is 2.00 bits per heavy atom. The maximum Gasteiger partial charge on any atom is 0.415 e. The summed E-state index contributed by atoms with van der Waals surface area (Å²) in [6.45, 7) is 6.77. The van der Waals surface area contributed by atoms with Gasteiger partial charge in [-0.3, -0.25) is 4.90 Å². The fraction of sp³-hybridized carbons (Fsp3) is 0.467. The Hall–Kier alpha value is -2.11. The number of aliphatic carboxylic acids is 1. The second-order valence-corrected chi connectivity index (χ2v) is 6.10. The van der Waals surface area contributed by atoms with Crippen LogP contribution in [0.3, 0.4) is 0 Å². The summed E-state index contributed by atoms with van der Waals surface area (Å²) in [4.78, 5) is 24.6. The third-order valence-corrected chi connectivity index (χ3v) is 3.29. The van der Waals surface area contributed by atoms with Crippen molar-refractivity contribution in [3.63, 3.8) is 0 Å². The van der Waals surface area contributed by atoms with Gasteiger partial charge >= 0.3 is 12.1 Å². The Balaban J connectivity index is 2.50. The van der Waals surface area contributed by atoms with Crippen molar-refractivity contribution in [1.82, 2.24) is 0 Å². The molecular weight excluding hydrogens is 277 g/mol. The van der Waals surface area contributed by atoms with Crippen LogP contribution in [0.1, 0.15) is 31.9 Å². The van der Waals surface area contributed by atoms with Crippen LogP contribution in [0.25, 0.3) is 0 Å². The number of amides is 1. The highest BCUT2D eigenvalue weighted by atomic mass is 19.1. The van der Waals surface area contributed by atoms with Crippen molar-refractivity contribution in [2.75, 3.05) is 4.90 Å². The fourth-order valence-corrected chi connectivity index (χ4v) is 2.39. The summed E-state index contributed by atoms with van der Waals surface area (Å²) >= 11 is 0. The molecule has 1 atom stereocenters. The Kier molecular flexibility index (Phi) is 3.65. The molecule has 6 heteroatoms. The predicted molar refractivity (Wildman–Crippen MR) is 75.0 cm³/mol. The van der Waals surface area contributed by atoms with Crippen LogP contribution in [0.5, 0.6) is 0 Å². The molecule has 2 rings (SSSR count). The van der Waals surface area contributed by atoms with E-state index in [4.69, 9.17) is 4.74 Å². The van der Waals surface area contributed by atoms with Crippen LogP contribution >= 0.6 is 0 Å². The van der Waals surface area contributed by atoms with Gasteiger partial charge in [0.1, 0.15) is 17.5 Å². The quantitative estimate of drug-likeness (QED) is 0.865. The molecule has 0 spiro atoms. The Morgan fingerprint density at radius 1 is 1.38 bits per heavy atom. The Labute approximate surface area is 122 Å². The lowest BCUT2D eigenvalue weighted by atomic mass is 10.0. The van der Waals surface area contributed by atoms with Crippen molar-refractivity contribution in [3.8, 4) is 0 Å². The summed E-state index contributed by atoms with van der Waals surface area (Å²) in [5.41, 5.74) is 0.511. The normalized spacial score (nSPS) is 17.6. The topological polar surface area (TPSA) is 66.8 Å². The standard InChI is InChI=1S/C15H18FNO4/c1-8-5-6-10(16)12-9(8)7-11(13(18)19)17(12)14(20)21-15(2,3)4/h5-6,11H,7H2,1-4H3,(H,18,19). The minimum atomic E-state index is -1.18. The number of carboxylic acids is 1. The van der Waals surface area contributed by atoms with E-state index in [1.165, 1.54) is 6.07 Å². The third kappa shape index (κ3) is 2.84. The summed E-state index contributed by atoms with van der Waals surface area (Å²) in [7, 11) is 0. The minimum Gasteiger partial charge on any atom is -0.480 e. The van der Waals surface area contributed by atoms with Gasteiger partial charge in [-0.1, -0.05) is 6.07 Å². The molecule has 0 fully saturated rings. The number of anilines is 1. The fourth-order valence-electron chi connectivity index (χ4n) is 2.39. The lowest BCUT2D eigenvalue weighted by Crippen LogP contribution is -2.45. The number of hydrogen-bond acceptors (Lipinski definition) is 3. The predicted octanol–water partition coefficient (Wildman–Crippen LogP) is 2.88. The van der Waals surface area contributed by atoms with Gasteiger partial charge in [-0.2, -0.15) is 0 Å². The van der Waals surface area contributed by atoms with Crippen LogP contribution in [0, 0.1) is 12.7 Å². The van der Waals surface area contributed by atoms with Gasteiger partial charge in [0.25, 0.3) is 0 Å².